The van der Waals surface area contributed by atoms with Crippen molar-refractivity contribution in [2.45, 2.75) is 12.5 Å². The Bertz CT molecular complexity index is 902. The summed E-state index contributed by atoms with van der Waals surface area (Å²) in [6.45, 7) is 1.57. The summed E-state index contributed by atoms with van der Waals surface area (Å²) in [5, 5.41) is 23.1. The van der Waals surface area contributed by atoms with Gasteiger partial charge in [-0.1, -0.05) is 24.3 Å². The fourth-order valence-electron chi connectivity index (χ4n) is 2.42. The Balaban J connectivity index is 1.74. The summed E-state index contributed by atoms with van der Waals surface area (Å²) in [5.74, 6) is 0.0262. The first kappa shape index (κ1) is 15.8. The van der Waals surface area contributed by atoms with E-state index in [4.69, 9.17) is 9.68 Å². The molecule has 0 fully saturated rings. The molecule has 0 saturated carbocycles. The molecule has 1 atom stereocenters. The average molecular weight is 320 g/mol. The molecule has 2 aromatic carbocycles. The van der Waals surface area contributed by atoms with Crippen LogP contribution < -0.4 is 5.32 Å². The highest BCUT2D eigenvalue weighted by molar-refractivity contribution is 5.94. The minimum absolute atomic E-state index is 0.0115. The van der Waals surface area contributed by atoms with Gasteiger partial charge in [-0.05, 0) is 37.3 Å². The fourth-order valence-corrected chi connectivity index (χ4v) is 2.42. The van der Waals surface area contributed by atoms with Crippen molar-refractivity contribution in [3.63, 3.8) is 0 Å². The van der Waals surface area contributed by atoms with E-state index in [2.05, 4.69) is 5.32 Å². The highest BCUT2D eigenvalue weighted by Gasteiger charge is 2.28. The second-order valence-corrected chi connectivity index (χ2v) is 5.80. The van der Waals surface area contributed by atoms with E-state index in [-0.39, 0.29) is 12.5 Å². The van der Waals surface area contributed by atoms with E-state index in [1.165, 1.54) is 6.07 Å². The van der Waals surface area contributed by atoms with Crippen LogP contribution in [0.5, 0.6) is 0 Å². The Labute approximate surface area is 139 Å². The third kappa shape index (κ3) is 3.14. The van der Waals surface area contributed by atoms with E-state index in [0.29, 0.717) is 22.5 Å². The molecule has 2 N–H and O–H groups in total. The molecule has 1 unspecified atom stereocenters. The Morgan fingerprint density at radius 3 is 2.79 bits per heavy atom. The van der Waals surface area contributed by atoms with E-state index >= 15 is 0 Å². The lowest BCUT2D eigenvalue weighted by atomic mass is 10.0. The van der Waals surface area contributed by atoms with Crippen LogP contribution in [0.3, 0.4) is 0 Å². The number of nitriles is 1. The lowest BCUT2D eigenvalue weighted by molar-refractivity contribution is 0.0344. The monoisotopic (exact) mass is 320 g/mol. The van der Waals surface area contributed by atoms with E-state index < -0.39 is 5.60 Å². The number of carbonyl (C=O) groups excluding carboxylic acids is 1. The molecule has 0 bridgehead atoms. The molecule has 5 heteroatoms. The minimum atomic E-state index is -1.35. The first-order valence-electron chi connectivity index (χ1n) is 7.49. The summed E-state index contributed by atoms with van der Waals surface area (Å²) in [5.41, 5.74) is 0.114. The van der Waals surface area contributed by atoms with Gasteiger partial charge in [0.2, 0.25) is 0 Å². The number of amides is 1. The average Bonchev–Trinajstić information content (AvgIpc) is 3.05. The van der Waals surface area contributed by atoms with Crippen LogP contribution in [0, 0.1) is 11.3 Å². The first-order valence-corrected chi connectivity index (χ1v) is 7.49. The summed E-state index contributed by atoms with van der Waals surface area (Å²) in [4.78, 5) is 12.2. The summed E-state index contributed by atoms with van der Waals surface area (Å²) >= 11 is 0. The number of carbonyl (C=O) groups is 1. The number of benzene rings is 2. The second-order valence-electron chi connectivity index (χ2n) is 5.80. The number of para-hydroxylation sites is 1. The molecule has 3 rings (SSSR count). The fraction of sp³-hybridized carbons (Fsp3) is 0.158. The third-order valence-corrected chi connectivity index (χ3v) is 3.80. The molecule has 5 nitrogen and oxygen atoms in total. The van der Waals surface area contributed by atoms with Gasteiger partial charge in [-0.3, -0.25) is 4.79 Å². The molecule has 1 amide bonds. The third-order valence-electron chi connectivity index (χ3n) is 3.80. The van der Waals surface area contributed by atoms with Gasteiger partial charge in [-0.2, -0.15) is 5.26 Å². The van der Waals surface area contributed by atoms with Gasteiger partial charge in [0.05, 0.1) is 18.2 Å². The SMILES string of the molecule is CC(O)(CNC(=O)c1cccc(C#N)c1)c1cc2ccccc2o1. The number of hydrogen-bond acceptors (Lipinski definition) is 4. The van der Waals surface area contributed by atoms with Crippen molar-refractivity contribution in [2.24, 2.45) is 0 Å². The maximum atomic E-state index is 12.2. The van der Waals surface area contributed by atoms with Crippen LogP contribution in [0.1, 0.15) is 28.6 Å². The zero-order valence-corrected chi connectivity index (χ0v) is 13.1. The van der Waals surface area contributed by atoms with Gasteiger partial charge in [-0.15, -0.1) is 0 Å². The molecule has 0 aliphatic carbocycles. The Morgan fingerprint density at radius 2 is 2.04 bits per heavy atom. The van der Waals surface area contributed by atoms with Gasteiger partial charge in [0.25, 0.3) is 5.91 Å². The molecule has 120 valence electrons. The predicted octanol–water partition coefficient (Wildman–Crippen LogP) is 2.94. The molecular formula is C19H16N2O3. The normalized spacial score (nSPS) is 13.2. The smallest absolute Gasteiger partial charge is 0.251 e. The molecular weight excluding hydrogens is 304 g/mol. The second kappa shape index (κ2) is 6.19. The molecule has 0 saturated heterocycles. The molecule has 24 heavy (non-hydrogen) atoms. The standard InChI is InChI=1S/C19H16N2O3/c1-19(23,17-10-14-6-2-3-8-16(14)24-17)12-21-18(22)15-7-4-5-13(9-15)11-20/h2-10,23H,12H2,1H3,(H,21,22). The van der Waals surface area contributed by atoms with E-state index in [9.17, 15) is 9.90 Å². The molecule has 0 aliphatic heterocycles. The summed E-state index contributed by atoms with van der Waals surface area (Å²) in [6.07, 6.45) is 0. The van der Waals surface area contributed by atoms with Crippen molar-refractivity contribution >= 4 is 16.9 Å². The van der Waals surface area contributed by atoms with Crippen molar-refractivity contribution in [3.05, 3.63) is 71.5 Å². The number of nitrogens with one attached hydrogen (secondary N) is 1. The molecule has 3 aromatic rings. The zero-order chi connectivity index (χ0) is 17.2. The van der Waals surface area contributed by atoms with Gasteiger partial charge >= 0.3 is 0 Å². The summed E-state index contributed by atoms with van der Waals surface area (Å²) in [7, 11) is 0. The molecule has 0 aliphatic rings. The Hall–Kier alpha value is -3.10. The van der Waals surface area contributed by atoms with Gasteiger partial charge in [0.15, 0.2) is 0 Å². The van der Waals surface area contributed by atoms with Crippen LogP contribution in [-0.2, 0) is 5.60 Å². The van der Waals surface area contributed by atoms with Gasteiger partial charge < -0.3 is 14.8 Å². The van der Waals surface area contributed by atoms with E-state index in [0.717, 1.165) is 5.39 Å². The molecule has 0 radical (unpaired) electrons. The highest BCUT2D eigenvalue weighted by Crippen LogP contribution is 2.27. The van der Waals surface area contributed by atoms with Gasteiger partial charge in [0.1, 0.15) is 16.9 Å². The zero-order valence-electron chi connectivity index (χ0n) is 13.1. The lowest BCUT2D eigenvalue weighted by Gasteiger charge is -2.21. The lowest BCUT2D eigenvalue weighted by Crippen LogP contribution is -2.38. The van der Waals surface area contributed by atoms with Crippen molar-refractivity contribution in [1.29, 1.82) is 5.26 Å². The van der Waals surface area contributed by atoms with Crippen LogP contribution in [-0.4, -0.2) is 17.6 Å². The minimum Gasteiger partial charge on any atom is -0.458 e. The van der Waals surface area contributed by atoms with Crippen LogP contribution in [0.25, 0.3) is 11.0 Å². The van der Waals surface area contributed by atoms with Crippen LogP contribution in [0.15, 0.2) is 59.0 Å². The van der Waals surface area contributed by atoms with Gasteiger partial charge in [0, 0.05) is 10.9 Å². The quantitative estimate of drug-likeness (QED) is 0.774. The Kier molecular flexibility index (Phi) is 4.07. The van der Waals surface area contributed by atoms with Crippen LogP contribution >= 0.6 is 0 Å². The van der Waals surface area contributed by atoms with E-state index in [1.807, 2.05) is 30.3 Å². The number of rotatable bonds is 4. The summed E-state index contributed by atoms with van der Waals surface area (Å²) < 4.78 is 5.66. The highest BCUT2D eigenvalue weighted by atomic mass is 16.4. The van der Waals surface area contributed by atoms with Crippen LogP contribution in [0.4, 0.5) is 0 Å². The number of furan rings is 1. The van der Waals surface area contributed by atoms with Crippen LogP contribution in [0.2, 0.25) is 0 Å². The Morgan fingerprint density at radius 1 is 1.25 bits per heavy atom. The molecule has 1 heterocycles. The number of aliphatic hydroxyl groups is 1. The van der Waals surface area contributed by atoms with Crippen molar-refractivity contribution in [1.82, 2.24) is 5.32 Å². The maximum absolute atomic E-state index is 12.2. The maximum Gasteiger partial charge on any atom is 0.251 e. The molecule has 1 aromatic heterocycles. The number of fused-ring (bicyclic) bond motifs is 1. The van der Waals surface area contributed by atoms with Crippen molar-refractivity contribution in [2.75, 3.05) is 6.54 Å². The first-order chi connectivity index (χ1) is 11.5. The van der Waals surface area contributed by atoms with Crippen molar-refractivity contribution in [3.8, 4) is 6.07 Å². The molecule has 0 spiro atoms. The van der Waals surface area contributed by atoms with Crippen molar-refractivity contribution < 1.29 is 14.3 Å². The van der Waals surface area contributed by atoms with E-state index in [1.54, 1.807) is 31.2 Å². The number of nitrogens with zero attached hydrogens (tertiary/aromatic N) is 1. The summed E-state index contributed by atoms with van der Waals surface area (Å²) in [6, 6.07) is 17.6. The predicted molar refractivity (Wildman–Crippen MR) is 89.3 cm³/mol. The van der Waals surface area contributed by atoms with Gasteiger partial charge in [-0.25, -0.2) is 0 Å². The number of hydrogen-bond donors (Lipinski definition) is 2. The topological polar surface area (TPSA) is 86.3 Å². The largest absolute Gasteiger partial charge is 0.458 e.